The summed E-state index contributed by atoms with van der Waals surface area (Å²) in [6, 6.07) is 7.26. The van der Waals surface area contributed by atoms with Crippen LogP contribution in [0.2, 0.25) is 0 Å². The molecule has 0 aliphatic rings. The monoisotopic (exact) mass is 489 g/mol. The zero-order valence-electron chi connectivity index (χ0n) is 20.2. The van der Waals surface area contributed by atoms with Crippen molar-refractivity contribution < 1.29 is 23.9 Å². The van der Waals surface area contributed by atoms with Gasteiger partial charge in [-0.15, -0.1) is 0 Å². The minimum Gasteiger partial charge on any atom is -0.454 e. The predicted molar refractivity (Wildman–Crippen MR) is 129 cm³/mol. The minimum absolute atomic E-state index is 0.0328. The topological polar surface area (TPSA) is 166 Å². The lowest BCUT2D eigenvalue weighted by atomic mass is 10.2. The van der Waals surface area contributed by atoms with Gasteiger partial charge in [0.2, 0.25) is 0 Å². The van der Waals surface area contributed by atoms with E-state index in [-0.39, 0.29) is 37.1 Å². The van der Waals surface area contributed by atoms with Crippen molar-refractivity contribution in [2.75, 3.05) is 37.5 Å². The molecule has 0 saturated heterocycles. The number of methoxy groups -OCH3 is 1. The fourth-order valence-electron chi connectivity index (χ4n) is 3.19. The Morgan fingerprint density at radius 2 is 1.80 bits per heavy atom. The number of amides is 2. The van der Waals surface area contributed by atoms with E-state index in [1.165, 1.54) is 18.6 Å². The van der Waals surface area contributed by atoms with Gasteiger partial charge < -0.3 is 20.5 Å². The molecule has 0 radical (unpaired) electrons. The number of esters is 1. The number of nitrogens with two attached hydrogens (primary N) is 1. The van der Waals surface area contributed by atoms with Gasteiger partial charge in [-0.25, -0.2) is 9.59 Å². The Kier molecular flexibility index (Phi) is 9.76. The van der Waals surface area contributed by atoms with Gasteiger partial charge in [-0.3, -0.25) is 28.8 Å². The Labute approximate surface area is 202 Å². The molecule has 1 aromatic heterocycles. The van der Waals surface area contributed by atoms with Gasteiger partial charge in [-0.2, -0.15) is 0 Å². The van der Waals surface area contributed by atoms with E-state index in [1.54, 1.807) is 30.3 Å². The smallest absolute Gasteiger partial charge is 0.330 e. The van der Waals surface area contributed by atoms with Crippen LogP contribution < -0.4 is 27.2 Å². The molecule has 1 atom stereocenters. The maximum Gasteiger partial charge on any atom is 0.330 e. The van der Waals surface area contributed by atoms with Crippen LogP contribution in [0.1, 0.15) is 31.1 Å². The fourth-order valence-corrected chi connectivity index (χ4v) is 3.19. The Bertz CT molecular complexity index is 1160. The third kappa shape index (κ3) is 7.27. The van der Waals surface area contributed by atoms with Crippen molar-refractivity contribution in [2.45, 2.75) is 33.4 Å². The molecule has 0 saturated carbocycles. The number of benzene rings is 1. The number of rotatable bonds is 11. The van der Waals surface area contributed by atoms with E-state index >= 15 is 0 Å². The summed E-state index contributed by atoms with van der Waals surface area (Å²) in [5, 5.41) is 2.49. The fraction of sp³-hybridized carbons (Fsp3) is 0.435. The van der Waals surface area contributed by atoms with Crippen molar-refractivity contribution in [1.82, 2.24) is 14.9 Å². The highest BCUT2D eigenvalue weighted by molar-refractivity contribution is 5.98. The molecule has 0 fully saturated rings. The van der Waals surface area contributed by atoms with Crippen LogP contribution in [0.5, 0.6) is 0 Å². The average Bonchev–Trinajstić information content (AvgIpc) is 2.82. The maximum atomic E-state index is 13.0. The quantitative estimate of drug-likeness (QED) is 0.374. The number of nitrogen functional groups attached to an aromatic ring is 1. The Morgan fingerprint density at radius 1 is 1.14 bits per heavy atom. The lowest BCUT2D eigenvalue weighted by Crippen LogP contribution is -2.45. The van der Waals surface area contributed by atoms with Crippen LogP contribution in [-0.2, 0) is 25.6 Å². The van der Waals surface area contributed by atoms with Gasteiger partial charge in [-0.05, 0) is 25.0 Å². The Morgan fingerprint density at radius 3 is 2.40 bits per heavy atom. The number of carbonyl (C=O) groups excluding carboxylic acids is 3. The molecule has 12 heteroatoms. The molecule has 1 aromatic carbocycles. The molecule has 4 N–H and O–H groups in total. The first kappa shape index (κ1) is 27.3. The van der Waals surface area contributed by atoms with Gasteiger partial charge in [0.1, 0.15) is 11.9 Å². The summed E-state index contributed by atoms with van der Waals surface area (Å²) >= 11 is 0. The highest BCUT2D eigenvalue weighted by Crippen LogP contribution is 2.18. The zero-order valence-corrected chi connectivity index (χ0v) is 20.2. The van der Waals surface area contributed by atoms with Gasteiger partial charge in [0.15, 0.2) is 12.3 Å². The summed E-state index contributed by atoms with van der Waals surface area (Å²) in [5.74, 6) is -2.24. The summed E-state index contributed by atoms with van der Waals surface area (Å²) < 4.78 is 11.3. The van der Waals surface area contributed by atoms with Crippen LogP contribution in [0.25, 0.3) is 0 Å². The predicted octanol–water partition coefficient (Wildman–Crippen LogP) is 0.116. The summed E-state index contributed by atoms with van der Waals surface area (Å²) in [4.78, 5) is 65.5. The molecule has 0 spiro atoms. The summed E-state index contributed by atoms with van der Waals surface area (Å²) in [6.07, 6.45) is 0. The van der Waals surface area contributed by atoms with E-state index in [4.69, 9.17) is 15.2 Å². The molecule has 1 heterocycles. The highest BCUT2D eigenvalue weighted by atomic mass is 16.5. The van der Waals surface area contributed by atoms with E-state index in [2.05, 4.69) is 10.3 Å². The number of nitrogens with zero attached hydrogens (tertiary/aromatic N) is 2. The normalized spacial score (nSPS) is 11.7. The highest BCUT2D eigenvalue weighted by Gasteiger charge is 2.26. The minimum atomic E-state index is -1.04. The molecule has 2 rings (SSSR count). The lowest BCUT2D eigenvalue weighted by Gasteiger charge is -2.24. The number of carbonyl (C=O) groups is 3. The molecule has 190 valence electrons. The van der Waals surface area contributed by atoms with E-state index in [0.29, 0.717) is 5.56 Å². The van der Waals surface area contributed by atoms with Crippen LogP contribution in [0, 0.1) is 5.92 Å². The van der Waals surface area contributed by atoms with E-state index in [9.17, 15) is 24.0 Å². The molecule has 0 bridgehead atoms. The van der Waals surface area contributed by atoms with Crippen molar-refractivity contribution in [3.8, 4) is 0 Å². The van der Waals surface area contributed by atoms with Crippen molar-refractivity contribution in [2.24, 2.45) is 5.92 Å². The first-order valence-corrected chi connectivity index (χ1v) is 11.0. The first-order chi connectivity index (χ1) is 16.6. The van der Waals surface area contributed by atoms with E-state index < -0.39 is 41.7 Å². The van der Waals surface area contributed by atoms with Gasteiger partial charge in [-0.1, -0.05) is 32.0 Å². The number of aromatic amines is 1. The standard InChI is InChI=1S/C23H31N5O7/c1-14(2)12-28-19(24)18(21(31)26-23(28)33)27(10-11-34-4)17(29)13-35-22(32)15(3)25-20(30)16-8-6-5-7-9-16/h5-9,14-15H,10-13,24H2,1-4H3,(H,25,30)(H,26,31,33)/t15-/m0/s1. The average molecular weight is 490 g/mol. The second-order valence-corrected chi connectivity index (χ2v) is 8.20. The van der Waals surface area contributed by atoms with Crippen LogP contribution in [0.3, 0.4) is 0 Å². The number of hydrogen-bond donors (Lipinski definition) is 3. The number of anilines is 2. The second-order valence-electron chi connectivity index (χ2n) is 8.20. The first-order valence-electron chi connectivity index (χ1n) is 11.0. The molecule has 2 aromatic rings. The van der Waals surface area contributed by atoms with Crippen LogP contribution >= 0.6 is 0 Å². The zero-order chi connectivity index (χ0) is 26.1. The molecule has 0 unspecified atom stereocenters. The van der Waals surface area contributed by atoms with Crippen LogP contribution in [0.4, 0.5) is 11.5 Å². The molecule has 12 nitrogen and oxygen atoms in total. The number of H-pyrrole nitrogens is 1. The molecule has 0 aliphatic carbocycles. The third-order valence-electron chi connectivity index (χ3n) is 4.93. The van der Waals surface area contributed by atoms with Crippen molar-refractivity contribution >= 4 is 29.3 Å². The third-order valence-corrected chi connectivity index (χ3v) is 4.93. The molecule has 2 amide bonds. The largest absolute Gasteiger partial charge is 0.454 e. The molecule has 35 heavy (non-hydrogen) atoms. The molecule has 0 aliphatic heterocycles. The SMILES string of the molecule is COCCN(C(=O)COC(=O)[C@H](C)NC(=O)c1ccccc1)c1c(N)n(CC(C)C)c(=O)[nH]c1=O. The number of aromatic nitrogens is 2. The number of hydrogen-bond acceptors (Lipinski definition) is 8. The van der Waals surface area contributed by atoms with Gasteiger partial charge in [0.25, 0.3) is 17.4 Å². The molecular formula is C23H31N5O7. The number of nitrogens with one attached hydrogen (secondary N) is 2. The van der Waals surface area contributed by atoms with Gasteiger partial charge in [0.05, 0.1) is 6.61 Å². The molecular weight excluding hydrogens is 458 g/mol. The Balaban J connectivity index is 2.18. The summed E-state index contributed by atoms with van der Waals surface area (Å²) in [7, 11) is 1.41. The Hall–Kier alpha value is -3.93. The summed E-state index contributed by atoms with van der Waals surface area (Å²) in [5.41, 5.74) is 4.68. The van der Waals surface area contributed by atoms with Crippen molar-refractivity contribution in [3.05, 3.63) is 56.7 Å². The maximum absolute atomic E-state index is 13.0. The van der Waals surface area contributed by atoms with Gasteiger partial charge >= 0.3 is 11.7 Å². The van der Waals surface area contributed by atoms with Crippen LogP contribution in [-0.4, -0.2) is 60.2 Å². The van der Waals surface area contributed by atoms with Crippen LogP contribution in [0.15, 0.2) is 39.9 Å². The van der Waals surface area contributed by atoms with Crippen molar-refractivity contribution in [1.29, 1.82) is 0 Å². The number of ether oxygens (including phenoxy) is 2. The second kappa shape index (κ2) is 12.5. The van der Waals surface area contributed by atoms with E-state index in [0.717, 1.165) is 4.90 Å². The van der Waals surface area contributed by atoms with Gasteiger partial charge in [0, 0.05) is 25.8 Å². The van der Waals surface area contributed by atoms with Crippen molar-refractivity contribution in [3.63, 3.8) is 0 Å². The lowest BCUT2D eigenvalue weighted by molar-refractivity contribution is -0.149. The van der Waals surface area contributed by atoms with E-state index in [1.807, 2.05) is 13.8 Å². The summed E-state index contributed by atoms with van der Waals surface area (Å²) in [6.45, 7) is 4.60.